The molecule has 1 saturated heterocycles. The number of amides is 2. The summed E-state index contributed by atoms with van der Waals surface area (Å²) >= 11 is 0. The van der Waals surface area contributed by atoms with Crippen LogP contribution in [0.3, 0.4) is 0 Å². The van der Waals surface area contributed by atoms with Gasteiger partial charge >= 0.3 is 12.0 Å². The van der Waals surface area contributed by atoms with Crippen LogP contribution in [0.15, 0.2) is 29.2 Å². The van der Waals surface area contributed by atoms with Crippen LogP contribution < -0.4 is 10.0 Å². The summed E-state index contributed by atoms with van der Waals surface area (Å²) in [5.74, 6) is -1.31. The maximum atomic E-state index is 12.5. The first-order valence-corrected chi connectivity index (χ1v) is 9.94. The van der Waals surface area contributed by atoms with Crippen LogP contribution in [0.5, 0.6) is 0 Å². The molecule has 8 nitrogen and oxygen atoms in total. The van der Waals surface area contributed by atoms with Crippen molar-refractivity contribution in [3.8, 4) is 0 Å². The van der Waals surface area contributed by atoms with Gasteiger partial charge in [0.1, 0.15) is 0 Å². The summed E-state index contributed by atoms with van der Waals surface area (Å²) in [5, 5.41) is 12.1. The second-order valence-corrected chi connectivity index (χ2v) is 8.62. The number of piperidine rings is 1. The van der Waals surface area contributed by atoms with E-state index in [-0.39, 0.29) is 29.4 Å². The first-order chi connectivity index (χ1) is 12.1. The normalized spacial score (nSPS) is 21.9. The van der Waals surface area contributed by atoms with Crippen LogP contribution in [-0.2, 0) is 14.8 Å². The van der Waals surface area contributed by atoms with Crippen LogP contribution in [-0.4, -0.2) is 50.6 Å². The van der Waals surface area contributed by atoms with E-state index in [1.54, 1.807) is 19.1 Å². The summed E-state index contributed by atoms with van der Waals surface area (Å²) in [6.07, 6.45) is 0.566. The van der Waals surface area contributed by atoms with E-state index in [0.29, 0.717) is 13.0 Å². The first-order valence-electron chi connectivity index (χ1n) is 8.45. The molecule has 144 valence electrons. The van der Waals surface area contributed by atoms with Crippen LogP contribution in [0.4, 0.5) is 4.79 Å². The number of urea groups is 1. The fraction of sp³-hybridized carbons (Fsp3) is 0.529. The molecule has 3 N–H and O–H groups in total. The lowest BCUT2D eigenvalue weighted by Crippen LogP contribution is -2.49. The molecule has 0 aliphatic carbocycles. The standard InChI is InChI=1S/C17H25N3O5S/c1-11-8-14(16(21)22)10-20(9-11)17(23)19-12(2)13-4-6-15(7-5-13)26(24,25)18-3/h4-7,11-12,14,18H,8-10H2,1-3H3,(H,19,23)(H,21,22). The highest BCUT2D eigenvalue weighted by Gasteiger charge is 2.32. The van der Waals surface area contributed by atoms with E-state index in [1.165, 1.54) is 24.1 Å². The fourth-order valence-electron chi connectivity index (χ4n) is 3.11. The molecule has 0 bridgehead atoms. The van der Waals surface area contributed by atoms with Crippen LogP contribution in [0.1, 0.15) is 31.9 Å². The van der Waals surface area contributed by atoms with Crippen LogP contribution in [0.2, 0.25) is 0 Å². The molecular weight excluding hydrogens is 358 g/mol. The van der Waals surface area contributed by atoms with Gasteiger partial charge in [-0.25, -0.2) is 17.9 Å². The minimum Gasteiger partial charge on any atom is -0.481 e. The number of benzene rings is 1. The lowest BCUT2D eigenvalue weighted by Gasteiger charge is -2.35. The fourth-order valence-corrected chi connectivity index (χ4v) is 3.84. The number of carbonyl (C=O) groups excluding carboxylic acids is 1. The number of aliphatic carboxylic acids is 1. The molecule has 0 spiro atoms. The zero-order valence-corrected chi connectivity index (χ0v) is 15.9. The minimum absolute atomic E-state index is 0.122. The summed E-state index contributed by atoms with van der Waals surface area (Å²) in [7, 11) is -2.16. The maximum Gasteiger partial charge on any atom is 0.317 e. The van der Waals surface area contributed by atoms with Crippen molar-refractivity contribution in [2.75, 3.05) is 20.1 Å². The molecule has 1 heterocycles. The third-order valence-corrected chi connectivity index (χ3v) is 6.03. The third-order valence-electron chi connectivity index (χ3n) is 4.60. The Bertz CT molecular complexity index is 763. The number of nitrogens with zero attached hydrogens (tertiary/aromatic N) is 1. The van der Waals surface area contributed by atoms with Crippen molar-refractivity contribution in [2.24, 2.45) is 11.8 Å². The number of hydrogen-bond acceptors (Lipinski definition) is 4. The van der Waals surface area contributed by atoms with Crippen molar-refractivity contribution in [2.45, 2.75) is 31.2 Å². The quantitative estimate of drug-likeness (QED) is 0.711. The van der Waals surface area contributed by atoms with Crippen LogP contribution in [0.25, 0.3) is 0 Å². The summed E-state index contributed by atoms with van der Waals surface area (Å²) < 4.78 is 25.7. The van der Waals surface area contributed by atoms with Crippen molar-refractivity contribution in [3.63, 3.8) is 0 Å². The number of hydrogen-bond donors (Lipinski definition) is 3. The number of carboxylic acid groups (broad SMARTS) is 1. The highest BCUT2D eigenvalue weighted by atomic mass is 32.2. The second kappa shape index (κ2) is 8.05. The van der Waals surface area contributed by atoms with Gasteiger partial charge in [0, 0.05) is 13.1 Å². The van der Waals surface area contributed by atoms with E-state index >= 15 is 0 Å². The number of nitrogens with one attached hydrogen (secondary N) is 2. The predicted molar refractivity (Wildman–Crippen MR) is 96.1 cm³/mol. The van der Waals surface area contributed by atoms with Crippen LogP contribution in [0, 0.1) is 11.8 Å². The molecule has 1 aliphatic heterocycles. The summed E-state index contributed by atoms with van der Waals surface area (Å²) in [5.41, 5.74) is 0.758. The average molecular weight is 383 g/mol. The molecule has 26 heavy (non-hydrogen) atoms. The Balaban J connectivity index is 2.03. The first kappa shape index (κ1) is 20.2. The Morgan fingerprint density at radius 1 is 1.23 bits per heavy atom. The molecule has 3 unspecified atom stereocenters. The predicted octanol–water partition coefficient (Wildman–Crippen LogP) is 1.41. The molecular formula is C17H25N3O5S. The van der Waals surface area contributed by atoms with E-state index in [2.05, 4.69) is 10.0 Å². The summed E-state index contributed by atoms with van der Waals surface area (Å²) in [6.45, 7) is 4.43. The number of likely N-dealkylation sites (tertiary alicyclic amines) is 1. The molecule has 0 aromatic heterocycles. The molecule has 1 fully saturated rings. The molecule has 0 saturated carbocycles. The number of carbonyl (C=O) groups is 2. The number of sulfonamides is 1. The van der Waals surface area contributed by atoms with Gasteiger partial charge in [0.05, 0.1) is 16.9 Å². The second-order valence-electron chi connectivity index (χ2n) is 6.73. The topological polar surface area (TPSA) is 116 Å². The average Bonchev–Trinajstić information content (AvgIpc) is 2.61. The van der Waals surface area contributed by atoms with Gasteiger partial charge in [-0.3, -0.25) is 4.79 Å². The molecule has 2 amide bonds. The molecule has 0 radical (unpaired) electrons. The van der Waals surface area contributed by atoms with Gasteiger partial charge in [0.25, 0.3) is 0 Å². The minimum atomic E-state index is -3.50. The van der Waals surface area contributed by atoms with Crippen molar-refractivity contribution < 1.29 is 23.1 Å². The molecule has 1 aliphatic rings. The molecule has 3 atom stereocenters. The molecule has 1 aromatic carbocycles. The van der Waals surface area contributed by atoms with E-state index in [0.717, 1.165) is 5.56 Å². The van der Waals surface area contributed by atoms with Gasteiger partial charge < -0.3 is 15.3 Å². The van der Waals surface area contributed by atoms with Gasteiger partial charge in [-0.2, -0.15) is 0 Å². The highest BCUT2D eigenvalue weighted by Crippen LogP contribution is 2.23. The Labute approximate surface area is 153 Å². The summed E-state index contributed by atoms with van der Waals surface area (Å²) in [6, 6.07) is 5.60. The third kappa shape index (κ3) is 4.73. The largest absolute Gasteiger partial charge is 0.481 e. The van der Waals surface area contributed by atoms with E-state index < -0.39 is 21.9 Å². The van der Waals surface area contributed by atoms with Crippen LogP contribution >= 0.6 is 0 Å². The highest BCUT2D eigenvalue weighted by molar-refractivity contribution is 7.89. The number of carboxylic acids is 1. The Hall–Kier alpha value is -2.13. The lowest BCUT2D eigenvalue weighted by atomic mass is 9.91. The van der Waals surface area contributed by atoms with Gasteiger partial charge in [-0.05, 0) is 44.0 Å². The Morgan fingerprint density at radius 2 is 1.85 bits per heavy atom. The monoisotopic (exact) mass is 383 g/mol. The van der Waals surface area contributed by atoms with Gasteiger partial charge in [0.15, 0.2) is 0 Å². The molecule has 2 rings (SSSR count). The Morgan fingerprint density at radius 3 is 2.38 bits per heavy atom. The van der Waals surface area contributed by atoms with Gasteiger partial charge in [0.2, 0.25) is 10.0 Å². The van der Waals surface area contributed by atoms with Crippen molar-refractivity contribution in [1.82, 2.24) is 14.9 Å². The van der Waals surface area contributed by atoms with Gasteiger partial charge in [-0.1, -0.05) is 19.1 Å². The smallest absolute Gasteiger partial charge is 0.317 e. The number of rotatable bonds is 5. The Kier molecular flexibility index (Phi) is 6.25. The molecule has 9 heteroatoms. The SMILES string of the molecule is CNS(=O)(=O)c1ccc(C(C)NC(=O)N2CC(C)CC(C(=O)O)C2)cc1. The summed E-state index contributed by atoms with van der Waals surface area (Å²) in [4.78, 5) is 25.4. The maximum absolute atomic E-state index is 12.5. The lowest BCUT2D eigenvalue weighted by molar-refractivity contribution is -0.143. The van der Waals surface area contributed by atoms with E-state index in [1.807, 2.05) is 6.92 Å². The van der Waals surface area contributed by atoms with Crippen molar-refractivity contribution in [1.29, 1.82) is 0 Å². The van der Waals surface area contributed by atoms with E-state index in [4.69, 9.17) is 0 Å². The van der Waals surface area contributed by atoms with Crippen molar-refractivity contribution in [3.05, 3.63) is 29.8 Å². The molecule has 1 aromatic rings. The van der Waals surface area contributed by atoms with Gasteiger partial charge in [-0.15, -0.1) is 0 Å². The van der Waals surface area contributed by atoms with Crippen molar-refractivity contribution >= 4 is 22.0 Å². The zero-order chi connectivity index (χ0) is 19.5. The zero-order valence-electron chi connectivity index (χ0n) is 15.1. The van der Waals surface area contributed by atoms with E-state index in [9.17, 15) is 23.1 Å².